The fourth-order valence-corrected chi connectivity index (χ4v) is 4.02. The van der Waals surface area contributed by atoms with E-state index in [1.165, 1.54) is 6.07 Å². The molecule has 2 N–H and O–H groups in total. The number of carbonyl (C=O) groups is 1. The topological polar surface area (TPSA) is 109 Å². The minimum Gasteiger partial charge on any atom is -0.405 e. The summed E-state index contributed by atoms with van der Waals surface area (Å²) in [6.07, 6.45) is -2.47. The molecule has 1 saturated heterocycles. The van der Waals surface area contributed by atoms with Crippen molar-refractivity contribution in [3.05, 3.63) is 58.3 Å². The quantitative estimate of drug-likeness (QED) is 0.529. The lowest BCUT2D eigenvalue weighted by atomic mass is 9.99. The Balaban J connectivity index is 1.54. The number of fused-ring (bicyclic) bond motifs is 1. The van der Waals surface area contributed by atoms with Crippen molar-refractivity contribution in [2.24, 2.45) is 0 Å². The number of halogens is 3. The van der Waals surface area contributed by atoms with Crippen LogP contribution in [0.25, 0.3) is 22.2 Å². The number of hydrogen-bond acceptors (Lipinski definition) is 6. The number of nitriles is 1. The van der Waals surface area contributed by atoms with E-state index in [4.69, 9.17) is 9.15 Å². The molecular weight excluding hydrogens is 465 g/mol. The Morgan fingerprint density at radius 2 is 2.03 bits per heavy atom. The zero-order chi connectivity index (χ0) is 24.9. The average Bonchev–Trinajstić information content (AvgIpc) is 3.01. The molecule has 1 unspecified atom stereocenters. The van der Waals surface area contributed by atoms with Crippen LogP contribution >= 0.6 is 0 Å². The minimum absolute atomic E-state index is 0.0535. The number of ether oxygens (including phenoxy) is 1. The Morgan fingerprint density at radius 1 is 1.26 bits per heavy atom. The summed E-state index contributed by atoms with van der Waals surface area (Å²) in [5, 5.41) is 15.3. The summed E-state index contributed by atoms with van der Waals surface area (Å²) in [6, 6.07) is 10.5. The number of nitrogens with one attached hydrogen (secondary N) is 2. The minimum atomic E-state index is -2.83. The van der Waals surface area contributed by atoms with Crippen LogP contribution in [0.15, 0.2) is 45.6 Å². The van der Waals surface area contributed by atoms with Crippen LogP contribution in [-0.2, 0) is 22.5 Å². The van der Waals surface area contributed by atoms with Crippen molar-refractivity contribution < 1.29 is 27.1 Å². The summed E-state index contributed by atoms with van der Waals surface area (Å²) in [6.45, 7) is 0.664. The molecule has 3 aromatic rings. The van der Waals surface area contributed by atoms with E-state index in [1.807, 2.05) is 0 Å². The smallest absolute Gasteiger partial charge is 0.405 e. The van der Waals surface area contributed by atoms with E-state index < -0.39 is 36.7 Å². The maximum atomic E-state index is 14.2. The van der Waals surface area contributed by atoms with E-state index in [1.54, 1.807) is 24.3 Å². The van der Waals surface area contributed by atoms with Crippen molar-refractivity contribution in [3.63, 3.8) is 0 Å². The molecule has 2 heterocycles. The van der Waals surface area contributed by atoms with Crippen LogP contribution in [0.5, 0.6) is 0 Å². The number of rotatable bonds is 7. The van der Waals surface area contributed by atoms with Crippen LogP contribution in [0.2, 0.25) is 0 Å². The Hall–Kier alpha value is -3.62. The highest BCUT2D eigenvalue weighted by atomic mass is 19.3. The molecule has 0 radical (unpaired) electrons. The van der Waals surface area contributed by atoms with E-state index >= 15 is 0 Å². The van der Waals surface area contributed by atoms with Gasteiger partial charge in [-0.15, -0.1) is 0 Å². The summed E-state index contributed by atoms with van der Waals surface area (Å²) in [7, 11) is 0. The molecule has 1 aliphatic heterocycles. The lowest BCUT2D eigenvalue weighted by Gasteiger charge is -2.18. The highest BCUT2D eigenvalue weighted by molar-refractivity contribution is 5.91. The summed E-state index contributed by atoms with van der Waals surface area (Å²) in [4.78, 5) is 24.5. The number of nitrogens with zero attached hydrogens (tertiary/aromatic N) is 2. The third-order valence-electron chi connectivity index (χ3n) is 5.70. The first kappa shape index (κ1) is 24.5. The molecule has 4 rings (SSSR count). The Morgan fingerprint density at radius 3 is 2.74 bits per heavy atom. The zero-order valence-electron chi connectivity index (χ0n) is 18.6. The molecule has 11 heteroatoms. The highest BCUT2D eigenvalue weighted by Gasteiger charge is 2.24. The Labute approximate surface area is 198 Å². The standard InChI is InChI=1S/C24H23F3N4O4/c25-18-7-6-17(21-22(18)35-24(33)31(21)13-20(26)27)15-4-2-14(3-5-15)10-16(11-28)30-23(32)19-12-29-8-1-9-34-19/h2-7,16,19-20,29H,1,8-10,12-13H2,(H,30,32)/t16-,19?/m0/s1. The Kier molecular flexibility index (Phi) is 7.53. The first-order valence-electron chi connectivity index (χ1n) is 11.1. The summed E-state index contributed by atoms with van der Waals surface area (Å²) < 4.78 is 51.4. The van der Waals surface area contributed by atoms with E-state index in [0.29, 0.717) is 24.3 Å². The van der Waals surface area contributed by atoms with Gasteiger partial charge in [-0.1, -0.05) is 24.3 Å². The van der Waals surface area contributed by atoms with Crippen molar-refractivity contribution in [2.45, 2.75) is 38.0 Å². The number of aromatic nitrogens is 1. The molecule has 184 valence electrons. The second kappa shape index (κ2) is 10.8. The van der Waals surface area contributed by atoms with Gasteiger partial charge < -0.3 is 19.8 Å². The maximum Gasteiger partial charge on any atom is 0.420 e. The molecule has 35 heavy (non-hydrogen) atoms. The number of hydrogen-bond donors (Lipinski definition) is 2. The third kappa shape index (κ3) is 5.55. The first-order chi connectivity index (χ1) is 16.9. The molecular formula is C24H23F3N4O4. The van der Waals surface area contributed by atoms with Gasteiger partial charge in [0.1, 0.15) is 17.7 Å². The van der Waals surface area contributed by atoms with Crippen molar-refractivity contribution in [2.75, 3.05) is 19.7 Å². The van der Waals surface area contributed by atoms with Gasteiger partial charge in [0.2, 0.25) is 0 Å². The van der Waals surface area contributed by atoms with Crippen LogP contribution in [0.3, 0.4) is 0 Å². The lowest BCUT2D eigenvalue weighted by molar-refractivity contribution is -0.132. The molecule has 1 aromatic heterocycles. The summed E-state index contributed by atoms with van der Waals surface area (Å²) in [5.41, 5.74) is 1.18. The van der Waals surface area contributed by atoms with Crippen LogP contribution in [-0.4, -0.2) is 48.7 Å². The predicted molar refractivity (Wildman–Crippen MR) is 120 cm³/mol. The average molecular weight is 488 g/mol. The van der Waals surface area contributed by atoms with Gasteiger partial charge >= 0.3 is 5.76 Å². The Bertz CT molecular complexity index is 1290. The van der Waals surface area contributed by atoms with Gasteiger partial charge in [-0.3, -0.25) is 9.36 Å². The van der Waals surface area contributed by atoms with E-state index in [9.17, 15) is 28.0 Å². The van der Waals surface area contributed by atoms with Gasteiger partial charge in [0, 0.05) is 25.1 Å². The SMILES string of the molecule is N#C[C@H](Cc1ccc(-c2ccc(F)c3oc(=O)n(CC(F)F)c23)cc1)NC(=O)C1CNCCCO1. The molecule has 8 nitrogen and oxygen atoms in total. The number of carbonyl (C=O) groups excluding carboxylic acids is 1. The number of oxazole rings is 1. The summed E-state index contributed by atoms with van der Waals surface area (Å²) >= 11 is 0. The van der Waals surface area contributed by atoms with E-state index in [0.717, 1.165) is 29.2 Å². The van der Waals surface area contributed by atoms with Crippen molar-refractivity contribution >= 4 is 17.0 Å². The van der Waals surface area contributed by atoms with Crippen molar-refractivity contribution in [1.29, 1.82) is 5.26 Å². The molecule has 1 fully saturated rings. The fraction of sp³-hybridized carbons (Fsp3) is 0.375. The van der Waals surface area contributed by atoms with Crippen LogP contribution in [0, 0.1) is 17.1 Å². The molecule has 0 saturated carbocycles. The van der Waals surface area contributed by atoms with E-state index in [2.05, 4.69) is 16.7 Å². The molecule has 2 atom stereocenters. The molecule has 1 amide bonds. The highest BCUT2D eigenvalue weighted by Crippen LogP contribution is 2.30. The second-order valence-corrected chi connectivity index (χ2v) is 8.15. The van der Waals surface area contributed by atoms with Crippen LogP contribution in [0.1, 0.15) is 12.0 Å². The summed E-state index contributed by atoms with van der Waals surface area (Å²) in [5.74, 6) is -2.26. The normalized spacial score (nSPS) is 17.2. The largest absolute Gasteiger partial charge is 0.420 e. The van der Waals surface area contributed by atoms with Gasteiger partial charge in [-0.25, -0.2) is 18.0 Å². The van der Waals surface area contributed by atoms with Crippen molar-refractivity contribution in [1.82, 2.24) is 15.2 Å². The molecule has 0 spiro atoms. The predicted octanol–water partition coefficient (Wildman–Crippen LogP) is 2.60. The second-order valence-electron chi connectivity index (χ2n) is 8.15. The van der Waals surface area contributed by atoms with Crippen LogP contribution in [0.4, 0.5) is 13.2 Å². The van der Waals surface area contributed by atoms with Gasteiger partial charge in [0.15, 0.2) is 11.4 Å². The monoisotopic (exact) mass is 488 g/mol. The molecule has 2 aromatic carbocycles. The van der Waals surface area contributed by atoms with Crippen LogP contribution < -0.4 is 16.4 Å². The van der Waals surface area contributed by atoms with Gasteiger partial charge in [-0.2, -0.15) is 5.26 Å². The lowest BCUT2D eigenvalue weighted by Crippen LogP contribution is -2.46. The zero-order valence-corrected chi connectivity index (χ0v) is 18.6. The van der Waals surface area contributed by atoms with Crippen molar-refractivity contribution in [3.8, 4) is 17.2 Å². The molecule has 0 bridgehead atoms. The number of alkyl halides is 2. The van der Waals surface area contributed by atoms with Gasteiger partial charge in [0.05, 0.1) is 12.6 Å². The number of amides is 1. The van der Waals surface area contributed by atoms with E-state index in [-0.39, 0.29) is 23.4 Å². The third-order valence-corrected chi connectivity index (χ3v) is 5.70. The first-order valence-corrected chi connectivity index (χ1v) is 11.1. The fourth-order valence-electron chi connectivity index (χ4n) is 4.02. The molecule has 1 aliphatic rings. The van der Waals surface area contributed by atoms with Gasteiger partial charge in [0.25, 0.3) is 12.3 Å². The molecule has 0 aliphatic carbocycles. The van der Waals surface area contributed by atoms with Gasteiger partial charge in [-0.05, 0) is 36.2 Å². The number of benzene rings is 2. The maximum absolute atomic E-state index is 14.2.